The van der Waals surface area contributed by atoms with E-state index in [1.54, 1.807) is 0 Å². The monoisotopic (exact) mass is 222 g/mol. The summed E-state index contributed by atoms with van der Waals surface area (Å²) in [5, 5.41) is 0. The molecule has 2 rings (SSSR count). The van der Waals surface area contributed by atoms with E-state index in [1.807, 2.05) is 0 Å². The van der Waals surface area contributed by atoms with Crippen LogP contribution in [0.2, 0.25) is 0 Å². The summed E-state index contributed by atoms with van der Waals surface area (Å²) in [7, 11) is 0. The van der Waals surface area contributed by atoms with Crippen molar-refractivity contribution in [3.63, 3.8) is 0 Å². The predicted molar refractivity (Wildman–Crippen MR) is 65.3 cm³/mol. The molecule has 0 bridgehead atoms. The number of rotatable bonds is 4. The lowest BCUT2D eigenvalue weighted by Crippen LogP contribution is -2.34. The van der Waals surface area contributed by atoms with Crippen molar-refractivity contribution in [2.45, 2.75) is 39.8 Å². The van der Waals surface area contributed by atoms with Gasteiger partial charge < -0.3 is 10.3 Å². The molecule has 0 saturated carbocycles. The molecule has 2 N–H and O–H groups in total. The molecule has 0 spiro atoms. The van der Waals surface area contributed by atoms with E-state index in [1.165, 1.54) is 24.4 Å². The third-order valence-corrected chi connectivity index (χ3v) is 3.28. The molecule has 0 aliphatic carbocycles. The maximum Gasteiger partial charge on any atom is 0.106 e. The van der Waals surface area contributed by atoms with Crippen LogP contribution in [0, 0.1) is 6.92 Å². The number of imidazole rings is 1. The highest BCUT2D eigenvalue weighted by Crippen LogP contribution is 2.19. The third kappa shape index (κ3) is 2.13. The molecule has 0 radical (unpaired) electrons. The zero-order valence-corrected chi connectivity index (χ0v) is 10.4. The second kappa shape index (κ2) is 4.97. The van der Waals surface area contributed by atoms with Gasteiger partial charge in [0.05, 0.1) is 11.4 Å². The summed E-state index contributed by atoms with van der Waals surface area (Å²) >= 11 is 0. The third-order valence-electron chi connectivity index (χ3n) is 3.28. The van der Waals surface area contributed by atoms with Gasteiger partial charge in [-0.25, -0.2) is 4.98 Å². The second-order valence-electron chi connectivity index (χ2n) is 4.52. The molecule has 0 unspecified atom stereocenters. The van der Waals surface area contributed by atoms with Gasteiger partial charge >= 0.3 is 0 Å². The highest BCUT2D eigenvalue weighted by molar-refractivity contribution is 5.19. The molecule has 0 saturated heterocycles. The van der Waals surface area contributed by atoms with Crippen LogP contribution in [-0.4, -0.2) is 34.1 Å². The van der Waals surface area contributed by atoms with Crippen LogP contribution in [0.5, 0.6) is 0 Å². The van der Waals surface area contributed by atoms with E-state index in [2.05, 4.69) is 28.3 Å². The van der Waals surface area contributed by atoms with Crippen molar-refractivity contribution in [1.29, 1.82) is 0 Å². The van der Waals surface area contributed by atoms with Gasteiger partial charge in [0, 0.05) is 26.1 Å². The van der Waals surface area contributed by atoms with Gasteiger partial charge in [0.25, 0.3) is 0 Å². The Morgan fingerprint density at radius 1 is 1.38 bits per heavy atom. The van der Waals surface area contributed by atoms with Crippen LogP contribution in [0.4, 0.5) is 0 Å². The van der Waals surface area contributed by atoms with Gasteiger partial charge in [-0.3, -0.25) is 4.90 Å². The number of hydrogen-bond acceptors (Lipinski definition) is 3. The lowest BCUT2D eigenvalue weighted by Gasteiger charge is -2.28. The maximum absolute atomic E-state index is 5.63. The summed E-state index contributed by atoms with van der Waals surface area (Å²) < 4.78 is 2.36. The number of aromatic nitrogens is 2. The van der Waals surface area contributed by atoms with Crippen LogP contribution in [-0.2, 0) is 19.5 Å². The first-order valence-corrected chi connectivity index (χ1v) is 6.23. The van der Waals surface area contributed by atoms with Gasteiger partial charge in [-0.1, -0.05) is 6.92 Å². The Morgan fingerprint density at radius 2 is 2.19 bits per heavy atom. The molecule has 4 heteroatoms. The highest BCUT2D eigenvalue weighted by atomic mass is 15.2. The van der Waals surface area contributed by atoms with E-state index in [0.717, 1.165) is 31.9 Å². The van der Waals surface area contributed by atoms with Crippen LogP contribution >= 0.6 is 0 Å². The standard InChI is InChI=1S/C12H22N4/c1-3-6-15-7-8-16-10(2)14-11(4-5-13)12(16)9-15/h3-9,13H2,1-2H3. The molecule has 16 heavy (non-hydrogen) atoms. The quantitative estimate of drug-likeness (QED) is 0.824. The van der Waals surface area contributed by atoms with Crippen molar-refractivity contribution in [3.05, 3.63) is 17.2 Å². The van der Waals surface area contributed by atoms with E-state index < -0.39 is 0 Å². The van der Waals surface area contributed by atoms with E-state index in [9.17, 15) is 0 Å². The Labute approximate surface area is 97.4 Å². The summed E-state index contributed by atoms with van der Waals surface area (Å²) in [5.74, 6) is 1.15. The molecule has 1 aliphatic heterocycles. The normalized spacial score (nSPS) is 16.4. The molecular weight excluding hydrogens is 200 g/mol. The van der Waals surface area contributed by atoms with Crippen LogP contribution in [0.1, 0.15) is 30.6 Å². The van der Waals surface area contributed by atoms with E-state index >= 15 is 0 Å². The Balaban J connectivity index is 2.20. The fourth-order valence-electron chi connectivity index (χ4n) is 2.52. The molecule has 2 heterocycles. The Morgan fingerprint density at radius 3 is 2.88 bits per heavy atom. The zero-order valence-electron chi connectivity index (χ0n) is 10.4. The summed E-state index contributed by atoms with van der Waals surface area (Å²) in [6.45, 7) is 9.49. The molecule has 1 aliphatic rings. The largest absolute Gasteiger partial charge is 0.330 e. The van der Waals surface area contributed by atoms with Gasteiger partial charge in [0.15, 0.2) is 0 Å². The van der Waals surface area contributed by atoms with Crippen molar-refractivity contribution in [3.8, 4) is 0 Å². The lowest BCUT2D eigenvalue weighted by molar-refractivity contribution is 0.219. The van der Waals surface area contributed by atoms with E-state index in [4.69, 9.17) is 5.73 Å². The molecule has 1 aromatic heterocycles. The van der Waals surface area contributed by atoms with Gasteiger partial charge in [0.1, 0.15) is 5.82 Å². The minimum Gasteiger partial charge on any atom is -0.330 e. The van der Waals surface area contributed by atoms with Crippen molar-refractivity contribution in [2.24, 2.45) is 5.73 Å². The van der Waals surface area contributed by atoms with Gasteiger partial charge in [-0.15, -0.1) is 0 Å². The van der Waals surface area contributed by atoms with Crippen molar-refractivity contribution in [2.75, 3.05) is 19.6 Å². The average molecular weight is 222 g/mol. The first kappa shape index (κ1) is 11.6. The maximum atomic E-state index is 5.63. The predicted octanol–water partition coefficient (Wildman–Crippen LogP) is 0.918. The molecule has 0 fully saturated rings. The Bertz CT molecular complexity index is 356. The molecule has 4 nitrogen and oxygen atoms in total. The minimum atomic E-state index is 0.692. The summed E-state index contributed by atoms with van der Waals surface area (Å²) in [6, 6.07) is 0. The molecular formula is C12H22N4. The topological polar surface area (TPSA) is 47.1 Å². The second-order valence-corrected chi connectivity index (χ2v) is 4.52. The fraction of sp³-hybridized carbons (Fsp3) is 0.750. The van der Waals surface area contributed by atoms with Crippen LogP contribution in [0.3, 0.4) is 0 Å². The molecule has 0 amide bonds. The molecule has 0 atom stereocenters. The van der Waals surface area contributed by atoms with E-state index in [-0.39, 0.29) is 0 Å². The van der Waals surface area contributed by atoms with Crippen LogP contribution < -0.4 is 5.73 Å². The number of fused-ring (bicyclic) bond motifs is 1. The highest BCUT2D eigenvalue weighted by Gasteiger charge is 2.21. The summed E-state index contributed by atoms with van der Waals surface area (Å²) in [5.41, 5.74) is 8.23. The van der Waals surface area contributed by atoms with Crippen LogP contribution in [0.15, 0.2) is 0 Å². The van der Waals surface area contributed by atoms with Gasteiger partial charge in [-0.2, -0.15) is 0 Å². The first-order chi connectivity index (χ1) is 7.76. The molecule has 0 aromatic carbocycles. The Kier molecular flexibility index (Phi) is 3.61. The van der Waals surface area contributed by atoms with Crippen molar-refractivity contribution >= 4 is 0 Å². The summed E-state index contributed by atoms with van der Waals surface area (Å²) in [6.07, 6.45) is 2.13. The van der Waals surface area contributed by atoms with E-state index in [0.29, 0.717) is 6.54 Å². The van der Waals surface area contributed by atoms with Crippen molar-refractivity contribution in [1.82, 2.24) is 14.5 Å². The number of nitrogens with two attached hydrogens (primary N) is 1. The Hall–Kier alpha value is -0.870. The first-order valence-electron chi connectivity index (χ1n) is 6.23. The lowest BCUT2D eigenvalue weighted by atomic mass is 10.2. The van der Waals surface area contributed by atoms with Crippen molar-refractivity contribution < 1.29 is 0 Å². The number of hydrogen-bond donors (Lipinski definition) is 1. The zero-order chi connectivity index (χ0) is 11.5. The fourth-order valence-corrected chi connectivity index (χ4v) is 2.52. The smallest absolute Gasteiger partial charge is 0.106 e. The number of aryl methyl sites for hydroxylation is 1. The molecule has 1 aromatic rings. The SMILES string of the molecule is CCCN1CCn2c(C)nc(CCN)c2C1. The minimum absolute atomic E-state index is 0.692. The average Bonchev–Trinajstić information content (AvgIpc) is 2.57. The van der Waals surface area contributed by atoms with Gasteiger partial charge in [0.2, 0.25) is 0 Å². The number of nitrogens with zero attached hydrogens (tertiary/aromatic N) is 3. The summed E-state index contributed by atoms with van der Waals surface area (Å²) in [4.78, 5) is 7.14. The molecule has 90 valence electrons. The van der Waals surface area contributed by atoms with Crippen LogP contribution in [0.25, 0.3) is 0 Å². The van der Waals surface area contributed by atoms with Gasteiger partial charge in [-0.05, 0) is 26.4 Å².